The number of nitrogens with two attached hydrogens (primary N) is 4. The summed E-state index contributed by atoms with van der Waals surface area (Å²) in [4.78, 5) is 115. The number of aliphatic hydroxyl groups is 2. The summed E-state index contributed by atoms with van der Waals surface area (Å²) in [7, 11) is 0. The number of nitrogens with zero attached hydrogens (tertiary/aromatic N) is 1. The van der Waals surface area contributed by atoms with Crippen LogP contribution in [-0.4, -0.2) is 141 Å². The summed E-state index contributed by atoms with van der Waals surface area (Å²) in [5, 5.41) is 51.0. The average Bonchev–Trinajstić information content (AvgIpc) is 3.01. The maximum absolute atomic E-state index is 13.4. The number of carboxylic acid groups (broad SMARTS) is 2. The Hall–Kier alpha value is -5.62. The average molecular weight is 748 g/mol. The minimum atomic E-state index is -1.80. The van der Waals surface area contributed by atoms with Gasteiger partial charge < -0.3 is 75.3 Å². The van der Waals surface area contributed by atoms with E-state index >= 15 is 0 Å². The molecule has 0 fully saturated rings. The molecule has 0 radical (unpaired) electrons. The highest BCUT2D eigenvalue weighted by Gasteiger charge is 2.34. The first kappa shape index (κ1) is 46.4. The smallest absolute Gasteiger partial charge is 0.328 e. The van der Waals surface area contributed by atoms with Crippen molar-refractivity contribution in [1.82, 2.24) is 31.9 Å². The molecule has 0 bridgehead atoms. The molecule has 0 aliphatic carbocycles. The Morgan fingerprint density at radius 1 is 0.596 bits per heavy atom. The van der Waals surface area contributed by atoms with Crippen LogP contribution in [0.4, 0.5) is 0 Å². The van der Waals surface area contributed by atoms with Crippen LogP contribution in [0.1, 0.15) is 53.4 Å². The van der Waals surface area contributed by atoms with Crippen molar-refractivity contribution >= 4 is 59.2 Å². The zero-order valence-electron chi connectivity index (χ0n) is 29.0. The molecule has 0 aliphatic rings. The molecule has 0 aromatic heterocycles. The largest absolute Gasteiger partial charge is 0.481 e. The highest BCUT2D eigenvalue weighted by Crippen LogP contribution is 2.05. The molecule has 0 saturated carbocycles. The van der Waals surface area contributed by atoms with Crippen LogP contribution in [-0.2, 0) is 43.2 Å². The Balaban J connectivity index is 6.02. The molecule has 0 rings (SSSR count). The fraction of sp³-hybridized carbons (Fsp3) is 0.643. The van der Waals surface area contributed by atoms with Gasteiger partial charge in [-0.2, -0.15) is 0 Å². The standard InChI is InChI=1S/C28H49N11O13/c1-10(34-23(47)14(29)8-18(43)44)21(45)38-19(12(3)40)26(50)37-16(9-17(30)42)25(49)36-15(6-5-7-33-28(31)32)24(48)35-11(2)22(46)39-20(13(4)41)27(51)52/h10-16,19-20,40-41H,5-9,29H2,1-4H3,(H2,30,42)(H,34,47)(H,35,48)(H,36,49)(H,37,50)(H,38,45)(H,39,46)(H,43,44)(H,51,52)(H4,31,32,33)/t10-,11-,12+,13+,14-,15-,16-,19-,20-/m0/s1. The number of aliphatic hydroxyl groups excluding tert-OH is 2. The Kier molecular flexibility index (Phi) is 19.8. The van der Waals surface area contributed by atoms with Gasteiger partial charge in [-0.15, -0.1) is 0 Å². The number of carboxylic acids is 2. The highest BCUT2D eigenvalue weighted by atomic mass is 16.4. The first-order valence-electron chi connectivity index (χ1n) is 15.7. The summed E-state index contributed by atoms with van der Waals surface area (Å²) in [5.41, 5.74) is 21.3. The van der Waals surface area contributed by atoms with Crippen LogP contribution in [0.2, 0.25) is 0 Å². The maximum Gasteiger partial charge on any atom is 0.328 e. The predicted octanol–water partition coefficient (Wildman–Crippen LogP) is -7.49. The normalized spacial score (nSPS) is 16.0. The minimum Gasteiger partial charge on any atom is -0.481 e. The summed E-state index contributed by atoms with van der Waals surface area (Å²) in [6, 6.07) is -11.1. The number of amides is 7. The number of carbonyl (C=O) groups is 9. The number of aliphatic imine (C=N–C) groups is 1. The maximum atomic E-state index is 13.4. The quantitative estimate of drug-likeness (QED) is 0.0262. The number of carbonyl (C=O) groups excluding carboxylic acids is 7. The van der Waals surface area contributed by atoms with Crippen molar-refractivity contribution in [2.24, 2.45) is 27.9 Å². The molecule has 0 aromatic carbocycles. The summed E-state index contributed by atoms with van der Waals surface area (Å²) in [5.74, 6) is -10.7. The van der Waals surface area contributed by atoms with Gasteiger partial charge in [0.2, 0.25) is 41.4 Å². The van der Waals surface area contributed by atoms with Gasteiger partial charge in [-0.3, -0.25) is 43.3 Å². The van der Waals surface area contributed by atoms with Gasteiger partial charge in [0.05, 0.1) is 31.1 Å². The molecule has 18 N–H and O–H groups in total. The fourth-order valence-corrected chi connectivity index (χ4v) is 4.11. The van der Waals surface area contributed by atoms with Crippen molar-refractivity contribution in [3.8, 4) is 0 Å². The molecule has 9 atom stereocenters. The van der Waals surface area contributed by atoms with Gasteiger partial charge >= 0.3 is 11.9 Å². The molecule has 0 saturated heterocycles. The van der Waals surface area contributed by atoms with Gasteiger partial charge in [0, 0.05) is 6.54 Å². The SMILES string of the molecule is C[C@H](NC(=O)[C@H](CCCN=C(N)N)NC(=O)[C@H](CC(N)=O)NC(=O)[C@@H](NC(=O)[C@H](C)NC(=O)[C@@H](N)CC(=O)O)[C@@H](C)O)C(=O)N[C@H](C(=O)O)[C@@H](C)O. The van der Waals surface area contributed by atoms with Gasteiger partial charge in [0.15, 0.2) is 12.0 Å². The van der Waals surface area contributed by atoms with Crippen LogP contribution in [0.15, 0.2) is 4.99 Å². The van der Waals surface area contributed by atoms with E-state index in [4.69, 9.17) is 28.0 Å². The van der Waals surface area contributed by atoms with Crippen molar-refractivity contribution < 1.29 is 63.6 Å². The van der Waals surface area contributed by atoms with Gasteiger partial charge in [-0.05, 0) is 40.5 Å². The van der Waals surface area contributed by atoms with E-state index in [0.717, 1.165) is 13.8 Å². The lowest BCUT2D eigenvalue weighted by molar-refractivity contribution is -0.145. The first-order valence-corrected chi connectivity index (χ1v) is 15.7. The Bertz CT molecular complexity index is 1350. The first-order chi connectivity index (χ1) is 24.0. The van der Waals surface area contributed by atoms with E-state index in [1.165, 1.54) is 13.8 Å². The van der Waals surface area contributed by atoms with Crippen LogP contribution in [0.25, 0.3) is 0 Å². The molecule has 0 heterocycles. The third-order valence-corrected chi connectivity index (χ3v) is 6.96. The molecule has 0 aliphatic heterocycles. The number of rotatable bonds is 23. The van der Waals surface area contributed by atoms with Crippen LogP contribution < -0.4 is 54.8 Å². The molecule has 294 valence electrons. The van der Waals surface area contributed by atoms with Gasteiger partial charge in [-0.25, -0.2) is 4.79 Å². The zero-order chi connectivity index (χ0) is 40.5. The third kappa shape index (κ3) is 17.3. The van der Waals surface area contributed by atoms with Crippen LogP contribution in [0.5, 0.6) is 0 Å². The van der Waals surface area contributed by atoms with Crippen LogP contribution in [0.3, 0.4) is 0 Å². The molecule has 24 heteroatoms. The summed E-state index contributed by atoms with van der Waals surface area (Å²) >= 11 is 0. The second-order valence-corrected chi connectivity index (χ2v) is 11.7. The third-order valence-electron chi connectivity index (χ3n) is 6.96. The molecule has 52 heavy (non-hydrogen) atoms. The van der Waals surface area contributed by atoms with Crippen molar-refractivity contribution in [3.05, 3.63) is 0 Å². The van der Waals surface area contributed by atoms with Crippen molar-refractivity contribution in [2.45, 2.75) is 108 Å². The topological polar surface area (TPSA) is 423 Å². The Morgan fingerprint density at radius 2 is 1.06 bits per heavy atom. The van der Waals surface area contributed by atoms with E-state index in [-0.39, 0.29) is 25.3 Å². The van der Waals surface area contributed by atoms with E-state index in [2.05, 4.69) is 36.9 Å². The van der Waals surface area contributed by atoms with Crippen molar-refractivity contribution in [3.63, 3.8) is 0 Å². The Morgan fingerprint density at radius 3 is 1.50 bits per heavy atom. The number of guanidine groups is 1. The monoisotopic (exact) mass is 747 g/mol. The molecule has 24 nitrogen and oxygen atoms in total. The fourth-order valence-electron chi connectivity index (χ4n) is 4.11. The number of hydrogen-bond donors (Lipinski definition) is 14. The van der Waals surface area contributed by atoms with E-state index < -0.39 is 121 Å². The number of primary amides is 1. The van der Waals surface area contributed by atoms with Crippen LogP contribution in [0, 0.1) is 0 Å². The lowest BCUT2D eigenvalue weighted by Gasteiger charge is -2.27. The molecule has 0 unspecified atom stereocenters. The minimum absolute atomic E-state index is 0.0196. The molecule has 7 amide bonds. The Labute approximate surface area is 297 Å². The van der Waals surface area contributed by atoms with E-state index in [1.54, 1.807) is 0 Å². The summed E-state index contributed by atoms with van der Waals surface area (Å²) in [6.07, 6.45) is -4.83. The summed E-state index contributed by atoms with van der Waals surface area (Å²) < 4.78 is 0. The zero-order valence-corrected chi connectivity index (χ0v) is 29.0. The second kappa shape index (κ2) is 22.3. The predicted molar refractivity (Wildman–Crippen MR) is 178 cm³/mol. The lowest BCUT2D eigenvalue weighted by Crippen LogP contribution is -2.61. The van der Waals surface area contributed by atoms with Gasteiger partial charge in [0.1, 0.15) is 30.2 Å². The van der Waals surface area contributed by atoms with Gasteiger partial charge in [0.25, 0.3) is 0 Å². The second-order valence-electron chi connectivity index (χ2n) is 11.7. The van der Waals surface area contributed by atoms with E-state index in [9.17, 15) is 58.5 Å². The molecule has 0 spiro atoms. The van der Waals surface area contributed by atoms with E-state index in [1.807, 2.05) is 0 Å². The number of hydrogen-bond acceptors (Lipinski definition) is 13. The molecule has 0 aromatic rings. The van der Waals surface area contributed by atoms with Crippen molar-refractivity contribution in [2.75, 3.05) is 6.54 Å². The summed E-state index contributed by atoms with van der Waals surface area (Å²) in [6.45, 7) is 4.54. The van der Waals surface area contributed by atoms with E-state index in [0.29, 0.717) is 0 Å². The molecular formula is C28H49N11O13. The van der Waals surface area contributed by atoms with Crippen LogP contribution >= 0.6 is 0 Å². The highest BCUT2D eigenvalue weighted by molar-refractivity contribution is 5.98. The number of aliphatic carboxylic acids is 2. The van der Waals surface area contributed by atoms with Crippen molar-refractivity contribution in [1.29, 1.82) is 0 Å². The molecular weight excluding hydrogens is 698 g/mol. The number of nitrogens with one attached hydrogen (secondary N) is 6. The van der Waals surface area contributed by atoms with Gasteiger partial charge in [-0.1, -0.05) is 0 Å². The lowest BCUT2D eigenvalue weighted by atomic mass is 10.1.